The van der Waals surface area contributed by atoms with Gasteiger partial charge in [-0.05, 0) is 37.5 Å². The molecule has 2 saturated heterocycles. The van der Waals surface area contributed by atoms with Gasteiger partial charge in [0.25, 0.3) is 0 Å². The van der Waals surface area contributed by atoms with E-state index in [1.807, 2.05) is 6.07 Å². The Bertz CT molecular complexity index is 1140. The van der Waals surface area contributed by atoms with Crippen molar-refractivity contribution in [3.05, 3.63) is 70.8 Å². The molecular weight excluding hydrogens is 492 g/mol. The topological polar surface area (TPSA) is 96.3 Å². The maximum absolute atomic E-state index is 15.5. The van der Waals surface area contributed by atoms with Gasteiger partial charge in [0.05, 0.1) is 13.2 Å². The van der Waals surface area contributed by atoms with Crippen molar-refractivity contribution in [1.82, 2.24) is 4.31 Å². The van der Waals surface area contributed by atoms with E-state index in [0.717, 1.165) is 12.1 Å². The van der Waals surface area contributed by atoms with Crippen molar-refractivity contribution in [1.29, 1.82) is 0 Å². The summed E-state index contributed by atoms with van der Waals surface area (Å²) in [5.41, 5.74) is -0.604. The van der Waals surface area contributed by atoms with Crippen LogP contribution in [0.3, 0.4) is 0 Å². The van der Waals surface area contributed by atoms with Gasteiger partial charge in [0.1, 0.15) is 28.6 Å². The first-order chi connectivity index (χ1) is 17.2. The number of aliphatic hydroxyl groups excluding tert-OH is 2. The van der Waals surface area contributed by atoms with Crippen molar-refractivity contribution in [2.75, 3.05) is 26.4 Å². The predicted molar refractivity (Wildman–Crippen MR) is 129 cm³/mol. The number of rotatable bonds is 8. The second kappa shape index (κ2) is 11.2. The third-order valence-corrected chi connectivity index (χ3v) is 9.58. The molecular formula is C26H33F2NO6S. The molecule has 2 aliphatic heterocycles. The van der Waals surface area contributed by atoms with Crippen molar-refractivity contribution in [2.45, 2.75) is 62.1 Å². The predicted octanol–water partition coefficient (Wildman–Crippen LogP) is 3.40. The zero-order valence-corrected chi connectivity index (χ0v) is 21.1. The number of hydrogen-bond acceptors (Lipinski definition) is 6. The quantitative estimate of drug-likeness (QED) is 0.549. The summed E-state index contributed by atoms with van der Waals surface area (Å²) in [4.78, 5) is 0. The average Bonchev–Trinajstić information content (AvgIpc) is 2.87. The molecule has 0 amide bonds. The van der Waals surface area contributed by atoms with Crippen molar-refractivity contribution >= 4 is 10.0 Å². The molecule has 0 aromatic heterocycles. The number of benzene rings is 2. The molecule has 3 atom stereocenters. The van der Waals surface area contributed by atoms with Crippen molar-refractivity contribution < 1.29 is 36.9 Å². The van der Waals surface area contributed by atoms with Gasteiger partial charge in [-0.3, -0.25) is 0 Å². The number of sulfonamides is 1. The number of hydrogen-bond donors (Lipinski definition) is 2. The Morgan fingerprint density at radius 3 is 2.50 bits per heavy atom. The summed E-state index contributed by atoms with van der Waals surface area (Å²) in [6.45, 7) is 1.26. The van der Waals surface area contributed by atoms with Crippen LogP contribution in [0.4, 0.5) is 8.78 Å². The summed E-state index contributed by atoms with van der Waals surface area (Å²) in [6.07, 6.45) is 0.404. The van der Waals surface area contributed by atoms with Crippen molar-refractivity contribution in [3.63, 3.8) is 0 Å². The molecule has 4 rings (SSSR count). The Morgan fingerprint density at radius 2 is 1.83 bits per heavy atom. The molecule has 2 heterocycles. The fourth-order valence-electron chi connectivity index (χ4n) is 5.08. The minimum absolute atomic E-state index is 0.00565. The largest absolute Gasteiger partial charge is 0.394 e. The molecule has 0 radical (unpaired) electrons. The van der Waals surface area contributed by atoms with Crippen LogP contribution in [-0.4, -0.2) is 61.5 Å². The summed E-state index contributed by atoms with van der Waals surface area (Å²) in [7, 11) is -3.81. The molecule has 2 aromatic carbocycles. The first kappa shape index (κ1) is 27.1. The van der Waals surface area contributed by atoms with E-state index in [2.05, 4.69) is 0 Å². The Balaban J connectivity index is 1.63. The van der Waals surface area contributed by atoms with E-state index in [9.17, 15) is 13.5 Å². The lowest BCUT2D eigenvalue weighted by atomic mass is 9.85. The lowest BCUT2D eigenvalue weighted by molar-refractivity contribution is -0.141. The molecule has 0 bridgehead atoms. The molecule has 7 nitrogen and oxygen atoms in total. The van der Waals surface area contributed by atoms with Gasteiger partial charge in [0.15, 0.2) is 0 Å². The highest BCUT2D eigenvalue weighted by atomic mass is 32.2. The van der Waals surface area contributed by atoms with E-state index < -0.39 is 45.2 Å². The molecule has 0 spiro atoms. The Kier molecular flexibility index (Phi) is 8.43. The van der Waals surface area contributed by atoms with Crippen LogP contribution < -0.4 is 0 Å². The summed E-state index contributed by atoms with van der Waals surface area (Å²) >= 11 is 0. The lowest BCUT2D eigenvalue weighted by Crippen LogP contribution is -2.45. The molecule has 2 fully saturated rings. The van der Waals surface area contributed by atoms with Crippen LogP contribution in [0.5, 0.6) is 0 Å². The smallest absolute Gasteiger partial charge is 0.221 e. The normalized spacial score (nSPS) is 24.9. The Labute approximate surface area is 210 Å². The summed E-state index contributed by atoms with van der Waals surface area (Å²) in [5.74, 6) is -1.44. The van der Waals surface area contributed by atoms with E-state index in [4.69, 9.17) is 14.6 Å². The van der Waals surface area contributed by atoms with Gasteiger partial charge in [-0.25, -0.2) is 17.2 Å². The molecule has 10 heteroatoms. The van der Waals surface area contributed by atoms with Crippen LogP contribution in [0.15, 0.2) is 42.5 Å². The number of halogens is 2. The van der Waals surface area contributed by atoms with Crippen LogP contribution >= 0.6 is 0 Å². The molecule has 198 valence electrons. The minimum atomic E-state index is -3.81. The summed E-state index contributed by atoms with van der Waals surface area (Å²) in [6, 6.07) is 10.7. The van der Waals surface area contributed by atoms with E-state index >= 15 is 8.78 Å². The third-order valence-electron chi connectivity index (χ3n) is 7.21. The molecule has 3 unspecified atom stereocenters. The zero-order chi connectivity index (χ0) is 25.9. The third kappa shape index (κ3) is 5.49. The van der Waals surface area contributed by atoms with E-state index in [-0.39, 0.29) is 56.4 Å². The van der Waals surface area contributed by atoms with Gasteiger partial charge in [0, 0.05) is 49.8 Å². The second-order valence-electron chi connectivity index (χ2n) is 9.59. The van der Waals surface area contributed by atoms with Crippen molar-refractivity contribution in [2.24, 2.45) is 0 Å². The highest BCUT2D eigenvalue weighted by Gasteiger charge is 2.42. The summed E-state index contributed by atoms with van der Waals surface area (Å²) < 4.78 is 70.4. The standard InChI is InChI=1S/C26H33F2NO6S/c1-18-7-8-25(19-5-3-2-4-6-19)36(32,33)29(18)15-20-13-24(28)22(14-23(20)27)26(9-11-34-12-10-26)35-17-21(31)16-30/h2-6,13-14,18,21,25,30-31H,7-12,15-17H2,1H3. The van der Waals surface area contributed by atoms with E-state index in [1.165, 1.54) is 4.31 Å². The minimum Gasteiger partial charge on any atom is -0.394 e. The molecule has 2 N–H and O–H groups in total. The van der Waals surface area contributed by atoms with Crippen LogP contribution in [0.25, 0.3) is 0 Å². The maximum atomic E-state index is 15.5. The fraction of sp³-hybridized carbons (Fsp3) is 0.538. The Morgan fingerprint density at radius 1 is 1.14 bits per heavy atom. The molecule has 0 aliphatic carbocycles. The van der Waals surface area contributed by atoms with Gasteiger partial charge in [-0.1, -0.05) is 30.3 Å². The maximum Gasteiger partial charge on any atom is 0.221 e. The van der Waals surface area contributed by atoms with Crippen molar-refractivity contribution in [3.8, 4) is 0 Å². The number of ether oxygens (including phenoxy) is 2. The monoisotopic (exact) mass is 525 g/mol. The average molecular weight is 526 g/mol. The SMILES string of the molecule is CC1CCC(c2ccccc2)S(=O)(=O)N1Cc1cc(F)c(C2(OCC(O)CO)CCOCC2)cc1F. The second-order valence-corrected chi connectivity index (χ2v) is 11.7. The highest BCUT2D eigenvalue weighted by molar-refractivity contribution is 7.89. The lowest BCUT2D eigenvalue weighted by Gasteiger charge is -2.39. The number of aliphatic hydroxyl groups is 2. The van der Waals surface area contributed by atoms with E-state index in [0.29, 0.717) is 18.4 Å². The first-order valence-electron chi connectivity index (χ1n) is 12.2. The van der Waals surface area contributed by atoms with Crippen LogP contribution in [0.1, 0.15) is 54.5 Å². The molecule has 2 aliphatic rings. The zero-order valence-electron chi connectivity index (χ0n) is 20.3. The van der Waals surface area contributed by atoms with Gasteiger partial charge in [-0.2, -0.15) is 4.31 Å². The Hall–Kier alpha value is -1.95. The molecule has 36 heavy (non-hydrogen) atoms. The summed E-state index contributed by atoms with van der Waals surface area (Å²) in [5, 5.41) is 18.1. The van der Waals surface area contributed by atoms with Crippen LogP contribution in [-0.2, 0) is 31.6 Å². The fourth-order valence-corrected chi connectivity index (χ4v) is 7.27. The van der Waals surface area contributed by atoms with Gasteiger partial charge in [-0.15, -0.1) is 0 Å². The van der Waals surface area contributed by atoms with Gasteiger partial charge < -0.3 is 19.7 Å². The van der Waals surface area contributed by atoms with Gasteiger partial charge >= 0.3 is 0 Å². The molecule has 2 aromatic rings. The number of nitrogens with zero attached hydrogens (tertiary/aromatic N) is 1. The van der Waals surface area contributed by atoms with E-state index in [1.54, 1.807) is 31.2 Å². The first-order valence-corrected chi connectivity index (χ1v) is 13.7. The van der Waals surface area contributed by atoms with Crippen LogP contribution in [0.2, 0.25) is 0 Å². The van der Waals surface area contributed by atoms with Crippen LogP contribution in [0, 0.1) is 11.6 Å². The highest BCUT2D eigenvalue weighted by Crippen LogP contribution is 2.41. The van der Waals surface area contributed by atoms with Gasteiger partial charge in [0.2, 0.25) is 10.0 Å². The molecule has 0 saturated carbocycles.